The van der Waals surface area contributed by atoms with Crippen LogP contribution in [0.25, 0.3) is 16.8 Å². The van der Waals surface area contributed by atoms with Gasteiger partial charge in [-0.1, -0.05) is 30.3 Å². The highest BCUT2D eigenvalue weighted by molar-refractivity contribution is 7.90. The number of imidazole rings is 1. The Morgan fingerprint density at radius 3 is 2.46 bits per heavy atom. The first-order chi connectivity index (χ1) is 22.8. The predicted molar refractivity (Wildman–Crippen MR) is 170 cm³/mol. The molecular weight excluding hydrogens is 649 g/mol. The summed E-state index contributed by atoms with van der Waals surface area (Å²) in [5.74, 6) is -0.552. The molecule has 2 amide bonds. The van der Waals surface area contributed by atoms with Crippen LogP contribution in [0, 0.1) is 0 Å². The molecule has 0 spiro atoms. The number of anilines is 1. The van der Waals surface area contributed by atoms with E-state index < -0.39 is 33.5 Å². The van der Waals surface area contributed by atoms with E-state index in [0.717, 1.165) is 10.9 Å². The Hall–Kier alpha value is -5.44. The fourth-order valence-electron chi connectivity index (χ4n) is 5.74. The van der Waals surface area contributed by atoms with Crippen LogP contribution in [-0.2, 0) is 29.0 Å². The average Bonchev–Trinajstić information content (AvgIpc) is 3.72. The Labute approximate surface area is 273 Å². The zero-order chi connectivity index (χ0) is 34.4. The molecule has 0 saturated carbocycles. The molecule has 11 nitrogen and oxygen atoms in total. The summed E-state index contributed by atoms with van der Waals surface area (Å²) in [7, 11) is -0.633. The minimum atomic E-state index is -4.88. The molecule has 0 unspecified atom stereocenters. The van der Waals surface area contributed by atoms with E-state index in [4.69, 9.17) is 4.74 Å². The van der Waals surface area contributed by atoms with Gasteiger partial charge in [0, 0.05) is 49.1 Å². The number of hydrogen-bond acceptors (Lipinski definition) is 7. The molecule has 1 aliphatic rings. The number of nitrogens with one attached hydrogen (secondary N) is 1. The van der Waals surface area contributed by atoms with Crippen LogP contribution in [0.1, 0.15) is 37.9 Å². The molecule has 5 aromatic rings. The molecule has 48 heavy (non-hydrogen) atoms. The quantitative estimate of drug-likeness (QED) is 0.240. The van der Waals surface area contributed by atoms with Gasteiger partial charge in [-0.05, 0) is 48.4 Å². The number of alkyl halides is 3. The van der Waals surface area contributed by atoms with Crippen LogP contribution in [0.4, 0.5) is 18.9 Å². The number of methoxy groups -OCH3 is 1. The van der Waals surface area contributed by atoms with E-state index in [1.807, 2.05) is 0 Å². The highest BCUT2D eigenvalue weighted by atomic mass is 32.2. The highest BCUT2D eigenvalue weighted by Gasteiger charge is 2.44. The standard InChI is InChI=1S/C33H29F3N6O5S/c1-40(19-28-37-15-16-38-28)31(43)25-18-22(47-2)12-13-26(25)42-29-24(30(39-42)33(34,35)36)14-17-41(32(29)44)21-10-8-20(9-11-21)23-6-4-5-7-27(23)48(3,45)46/h4-13,15-16,18H,14,17,19H2,1-3H3,(H,37,38). The van der Waals surface area contributed by atoms with Gasteiger partial charge < -0.3 is 19.5 Å². The van der Waals surface area contributed by atoms with E-state index in [1.54, 1.807) is 48.7 Å². The van der Waals surface area contributed by atoms with Crippen molar-refractivity contribution < 1.29 is 35.9 Å². The van der Waals surface area contributed by atoms with Crippen molar-refractivity contribution in [2.75, 3.05) is 31.9 Å². The topological polar surface area (TPSA) is 130 Å². The third kappa shape index (κ3) is 6.03. The van der Waals surface area contributed by atoms with Gasteiger partial charge >= 0.3 is 6.18 Å². The van der Waals surface area contributed by atoms with Crippen LogP contribution in [0.2, 0.25) is 0 Å². The summed E-state index contributed by atoms with van der Waals surface area (Å²) in [6, 6.07) is 17.2. The van der Waals surface area contributed by atoms with Gasteiger partial charge in [0.25, 0.3) is 11.8 Å². The SMILES string of the molecule is COc1ccc(-n2nc(C(F)(F)F)c3c2C(=O)N(c2ccc(-c4ccccc4S(C)(=O)=O)cc2)CC3)c(C(=O)N(C)Cc2ncc[nH]2)c1. The lowest BCUT2D eigenvalue weighted by Gasteiger charge is -2.28. The lowest BCUT2D eigenvalue weighted by atomic mass is 10.0. The third-order valence-electron chi connectivity index (χ3n) is 8.01. The molecule has 0 bridgehead atoms. The van der Waals surface area contributed by atoms with Crippen molar-refractivity contribution in [2.45, 2.75) is 24.0 Å². The smallest absolute Gasteiger partial charge is 0.435 e. The number of rotatable bonds is 8. The largest absolute Gasteiger partial charge is 0.497 e. The molecular formula is C33H29F3N6O5S. The second-order valence-corrected chi connectivity index (χ2v) is 13.2. The maximum Gasteiger partial charge on any atom is 0.435 e. The Morgan fingerprint density at radius 2 is 1.81 bits per heavy atom. The van der Waals surface area contributed by atoms with Gasteiger partial charge in [-0.15, -0.1) is 0 Å². The lowest BCUT2D eigenvalue weighted by Crippen LogP contribution is -2.39. The second-order valence-electron chi connectivity index (χ2n) is 11.2. The number of halogens is 3. The Balaban J connectivity index is 1.42. The first-order valence-corrected chi connectivity index (χ1v) is 16.5. The maximum atomic E-state index is 14.3. The Morgan fingerprint density at radius 1 is 1.08 bits per heavy atom. The van der Waals surface area contributed by atoms with Crippen LogP contribution in [-0.4, -0.2) is 71.8 Å². The molecule has 2 aromatic heterocycles. The number of carbonyl (C=O) groups excluding carboxylic acids is 2. The monoisotopic (exact) mass is 678 g/mol. The van der Waals surface area contributed by atoms with Gasteiger partial charge in [-0.25, -0.2) is 18.1 Å². The summed E-state index contributed by atoms with van der Waals surface area (Å²) in [6.07, 6.45) is -0.801. The number of nitrogens with zero attached hydrogens (tertiary/aromatic N) is 5. The van der Waals surface area contributed by atoms with Gasteiger partial charge in [-0.2, -0.15) is 18.3 Å². The number of fused-ring (bicyclic) bond motifs is 1. The van der Waals surface area contributed by atoms with Gasteiger partial charge in [0.2, 0.25) is 0 Å². The van der Waals surface area contributed by atoms with Crippen LogP contribution in [0.5, 0.6) is 5.75 Å². The summed E-state index contributed by atoms with van der Waals surface area (Å²) < 4.78 is 73.9. The minimum absolute atomic E-state index is 0.0400. The average molecular weight is 679 g/mol. The minimum Gasteiger partial charge on any atom is -0.497 e. The molecule has 15 heteroatoms. The fraction of sp³-hybridized carbons (Fsp3) is 0.212. The van der Waals surface area contributed by atoms with Gasteiger partial charge in [0.15, 0.2) is 15.5 Å². The molecule has 0 aliphatic carbocycles. The van der Waals surface area contributed by atoms with Crippen LogP contribution in [0.15, 0.2) is 84.0 Å². The number of benzene rings is 3. The molecule has 0 saturated heterocycles. The molecule has 6 rings (SSSR count). The molecule has 248 valence electrons. The van der Waals surface area contributed by atoms with Crippen molar-refractivity contribution in [2.24, 2.45) is 0 Å². The highest BCUT2D eigenvalue weighted by Crippen LogP contribution is 2.38. The zero-order valence-electron chi connectivity index (χ0n) is 25.9. The number of aromatic amines is 1. The first-order valence-electron chi connectivity index (χ1n) is 14.6. The summed E-state index contributed by atoms with van der Waals surface area (Å²) >= 11 is 0. The van der Waals surface area contributed by atoms with E-state index in [2.05, 4.69) is 15.1 Å². The Bertz CT molecular complexity index is 2130. The van der Waals surface area contributed by atoms with Crippen molar-refractivity contribution in [3.8, 4) is 22.6 Å². The maximum absolute atomic E-state index is 14.3. The third-order valence-corrected chi connectivity index (χ3v) is 9.17. The molecule has 3 heterocycles. The van der Waals surface area contributed by atoms with E-state index >= 15 is 0 Å². The first kappa shape index (κ1) is 32.5. The molecule has 3 aromatic carbocycles. The van der Waals surface area contributed by atoms with Gasteiger partial charge in [0.1, 0.15) is 17.3 Å². The van der Waals surface area contributed by atoms with Crippen LogP contribution >= 0.6 is 0 Å². The number of ether oxygens (including phenoxy) is 1. The summed E-state index contributed by atoms with van der Waals surface area (Å²) in [6.45, 7) is 0.00499. The number of aromatic nitrogens is 4. The van der Waals surface area contributed by atoms with Gasteiger partial charge in [-0.3, -0.25) is 9.59 Å². The Kier molecular flexibility index (Phi) is 8.33. The molecule has 0 radical (unpaired) electrons. The van der Waals surface area contributed by atoms with Crippen molar-refractivity contribution in [3.63, 3.8) is 0 Å². The number of H-pyrrole nitrogens is 1. The number of amides is 2. The molecule has 0 atom stereocenters. The van der Waals surface area contributed by atoms with Crippen molar-refractivity contribution >= 4 is 27.3 Å². The summed E-state index contributed by atoms with van der Waals surface area (Å²) in [5.41, 5.74) is -0.459. The molecule has 0 fully saturated rings. The second kappa shape index (κ2) is 12.3. The fourth-order valence-corrected chi connectivity index (χ4v) is 6.65. The number of hydrogen-bond donors (Lipinski definition) is 1. The number of sulfone groups is 1. The van der Waals surface area contributed by atoms with Crippen molar-refractivity contribution in [1.82, 2.24) is 24.6 Å². The van der Waals surface area contributed by atoms with E-state index in [0.29, 0.717) is 22.6 Å². The summed E-state index contributed by atoms with van der Waals surface area (Å²) in [5, 5.41) is 3.89. The van der Waals surface area contributed by atoms with Crippen LogP contribution < -0.4 is 9.64 Å². The van der Waals surface area contributed by atoms with Gasteiger partial charge in [0.05, 0.1) is 29.8 Å². The van der Waals surface area contributed by atoms with E-state index in [-0.39, 0.29) is 52.7 Å². The van der Waals surface area contributed by atoms with Crippen molar-refractivity contribution in [3.05, 3.63) is 107 Å². The van der Waals surface area contributed by atoms with E-state index in [9.17, 15) is 31.2 Å². The normalized spacial score (nSPS) is 13.4. The van der Waals surface area contributed by atoms with Crippen LogP contribution in [0.3, 0.4) is 0 Å². The van der Waals surface area contributed by atoms with Crippen molar-refractivity contribution in [1.29, 1.82) is 0 Å². The molecule has 1 aliphatic heterocycles. The lowest BCUT2D eigenvalue weighted by molar-refractivity contribution is -0.141. The molecule has 1 N–H and O–H groups in total. The number of carbonyl (C=O) groups is 2. The van der Waals surface area contributed by atoms with E-state index in [1.165, 1.54) is 54.4 Å². The predicted octanol–water partition coefficient (Wildman–Crippen LogP) is 5.17. The zero-order valence-corrected chi connectivity index (χ0v) is 26.8. The summed E-state index contributed by atoms with van der Waals surface area (Å²) in [4.78, 5) is 37.7.